The Morgan fingerprint density at radius 2 is 1.94 bits per heavy atom. The second-order valence-electron chi connectivity index (χ2n) is 4.08. The first kappa shape index (κ1) is 12.1. The van der Waals surface area contributed by atoms with E-state index in [1.54, 1.807) is 11.3 Å². The van der Waals surface area contributed by atoms with Crippen LogP contribution in [0.1, 0.15) is 17.4 Å². The van der Waals surface area contributed by atoms with Crippen LogP contribution in [-0.4, -0.2) is 18.7 Å². The minimum atomic E-state index is -0.346. The maximum atomic E-state index is 9.99. The molecule has 0 radical (unpaired) electrons. The van der Waals surface area contributed by atoms with Gasteiger partial charge >= 0.3 is 0 Å². The maximum Gasteiger partial charge on any atom is 0.0898 e. The lowest BCUT2D eigenvalue weighted by Crippen LogP contribution is -2.20. The van der Waals surface area contributed by atoms with E-state index in [4.69, 9.17) is 0 Å². The van der Waals surface area contributed by atoms with Gasteiger partial charge in [0.2, 0.25) is 0 Å². The molecule has 17 heavy (non-hydrogen) atoms. The minimum absolute atomic E-state index is 0.346. The number of aliphatic hydroxyl groups is 1. The van der Waals surface area contributed by atoms with Gasteiger partial charge < -0.3 is 10.0 Å². The SMILES string of the molecule is CN(CCC(O)c1cccs1)c1ccccc1. The molecule has 0 amide bonds. The number of benzene rings is 1. The van der Waals surface area contributed by atoms with Crippen molar-refractivity contribution in [3.63, 3.8) is 0 Å². The van der Waals surface area contributed by atoms with Crippen LogP contribution < -0.4 is 4.90 Å². The van der Waals surface area contributed by atoms with Gasteiger partial charge in [0.15, 0.2) is 0 Å². The second kappa shape index (κ2) is 5.84. The molecule has 90 valence electrons. The molecule has 0 aliphatic rings. The lowest BCUT2D eigenvalue weighted by molar-refractivity contribution is 0.173. The molecule has 0 aliphatic heterocycles. The second-order valence-corrected chi connectivity index (χ2v) is 5.06. The van der Waals surface area contributed by atoms with Crippen molar-refractivity contribution in [3.8, 4) is 0 Å². The largest absolute Gasteiger partial charge is 0.388 e. The van der Waals surface area contributed by atoms with Crippen LogP contribution in [0.25, 0.3) is 0 Å². The van der Waals surface area contributed by atoms with Crippen molar-refractivity contribution in [3.05, 3.63) is 52.7 Å². The third-order valence-electron chi connectivity index (χ3n) is 2.81. The molecule has 2 nitrogen and oxygen atoms in total. The third-order valence-corrected chi connectivity index (χ3v) is 3.78. The van der Waals surface area contributed by atoms with Gasteiger partial charge in [-0.1, -0.05) is 24.3 Å². The molecule has 1 atom stereocenters. The van der Waals surface area contributed by atoms with E-state index in [1.807, 2.05) is 35.7 Å². The Labute approximate surface area is 106 Å². The summed E-state index contributed by atoms with van der Waals surface area (Å²) in [5.41, 5.74) is 1.19. The van der Waals surface area contributed by atoms with E-state index in [1.165, 1.54) is 5.69 Å². The molecule has 0 saturated heterocycles. The lowest BCUT2D eigenvalue weighted by Gasteiger charge is -2.20. The third kappa shape index (κ3) is 3.32. The van der Waals surface area contributed by atoms with Gasteiger partial charge in [-0.2, -0.15) is 0 Å². The van der Waals surface area contributed by atoms with Crippen LogP contribution in [0.2, 0.25) is 0 Å². The quantitative estimate of drug-likeness (QED) is 0.876. The molecule has 1 N–H and O–H groups in total. The van der Waals surface area contributed by atoms with Crippen LogP contribution in [0, 0.1) is 0 Å². The number of para-hydroxylation sites is 1. The smallest absolute Gasteiger partial charge is 0.0898 e. The molecule has 0 saturated carbocycles. The first-order valence-corrected chi connectivity index (χ1v) is 6.63. The van der Waals surface area contributed by atoms with Crippen molar-refractivity contribution in [1.82, 2.24) is 0 Å². The fourth-order valence-electron chi connectivity index (χ4n) is 1.75. The fourth-order valence-corrected chi connectivity index (χ4v) is 2.50. The van der Waals surface area contributed by atoms with Crippen molar-refractivity contribution in [2.24, 2.45) is 0 Å². The highest BCUT2D eigenvalue weighted by molar-refractivity contribution is 7.10. The molecule has 0 bridgehead atoms. The van der Waals surface area contributed by atoms with E-state index in [0.717, 1.165) is 17.8 Å². The number of nitrogens with zero attached hydrogens (tertiary/aromatic N) is 1. The topological polar surface area (TPSA) is 23.5 Å². The Morgan fingerprint density at radius 1 is 1.18 bits per heavy atom. The van der Waals surface area contributed by atoms with Crippen LogP contribution >= 0.6 is 11.3 Å². The van der Waals surface area contributed by atoms with Crippen molar-refractivity contribution >= 4 is 17.0 Å². The summed E-state index contributed by atoms with van der Waals surface area (Å²) in [6.07, 6.45) is 0.410. The molecule has 2 aromatic rings. The molecule has 1 aromatic heterocycles. The van der Waals surface area contributed by atoms with E-state index in [0.29, 0.717) is 0 Å². The summed E-state index contributed by atoms with van der Waals surface area (Å²) in [5.74, 6) is 0. The maximum absolute atomic E-state index is 9.99. The van der Waals surface area contributed by atoms with Crippen molar-refractivity contribution in [2.75, 3.05) is 18.5 Å². The zero-order valence-corrected chi connectivity index (χ0v) is 10.7. The summed E-state index contributed by atoms with van der Waals surface area (Å²) in [4.78, 5) is 3.21. The van der Waals surface area contributed by atoms with E-state index in [9.17, 15) is 5.11 Å². The summed E-state index contributed by atoms with van der Waals surface area (Å²) in [6, 6.07) is 14.2. The Kier molecular flexibility index (Phi) is 4.18. The number of hydrogen-bond donors (Lipinski definition) is 1. The van der Waals surface area contributed by atoms with Gasteiger partial charge in [-0.25, -0.2) is 0 Å². The molecule has 0 aliphatic carbocycles. The Bertz CT molecular complexity index is 427. The summed E-state index contributed by atoms with van der Waals surface area (Å²) < 4.78 is 0. The van der Waals surface area contributed by atoms with Crippen molar-refractivity contribution < 1.29 is 5.11 Å². The molecular weight excluding hydrogens is 230 g/mol. The highest BCUT2D eigenvalue weighted by Crippen LogP contribution is 2.22. The Balaban J connectivity index is 1.86. The monoisotopic (exact) mass is 247 g/mol. The van der Waals surface area contributed by atoms with E-state index >= 15 is 0 Å². The number of thiophene rings is 1. The first-order valence-electron chi connectivity index (χ1n) is 5.75. The molecule has 0 fully saturated rings. The summed E-state index contributed by atoms with van der Waals surface area (Å²) in [5, 5.41) is 12.0. The van der Waals surface area contributed by atoms with Gasteiger partial charge in [0.1, 0.15) is 0 Å². The van der Waals surface area contributed by atoms with Crippen LogP contribution in [0.4, 0.5) is 5.69 Å². The molecule has 3 heteroatoms. The first-order chi connectivity index (χ1) is 8.27. The van der Waals surface area contributed by atoms with E-state index in [-0.39, 0.29) is 6.10 Å². The summed E-state index contributed by atoms with van der Waals surface area (Å²) in [7, 11) is 2.05. The van der Waals surface area contributed by atoms with Gasteiger partial charge in [0, 0.05) is 24.2 Å². The van der Waals surface area contributed by atoms with Crippen LogP contribution in [-0.2, 0) is 0 Å². The Hall–Kier alpha value is -1.32. The van der Waals surface area contributed by atoms with E-state index < -0.39 is 0 Å². The molecule has 2 rings (SSSR count). The van der Waals surface area contributed by atoms with Gasteiger partial charge in [0.05, 0.1) is 6.10 Å². The lowest BCUT2D eigenvalue weighted by atomic mass is 10.2. The van der Waals surface area contributed by atoms with E-state index in [2.05, 4.69) is 24.1 Å². The zero-order chi connectivity index (χ0) is 12.1. The normalized spacial score (nSPS) is 12.4. The molecule has 1 aromatic carbocycles. The van der Waals surface area contributed by atoms with Gasteiger partial charge in [-0.3, -0.25) is 0 Å². The number of anilines is 1. The Morgan fingerprint density at radius 3 is 2.59 bits per heavy atom. The number of rotatable bonds is 5. The molecule has 1 heterocycles. The van der Waals surface area contributed by atoms with Crippen molar-refractivity contribution in [2.45, 2.75) is 12.5 Å². The molecule has 0 spiro atoms. The summed E-state index contributed by atoms with van der Waals surface area (Å²) >= 11 is 1.61. The molecular formula is C14H17NOS. The zero-order valence-electron chi connectivity index (χ0n) is 9.91. The molecule has 1 unspecified atom stereocenters. The van der Waals surface area contributed by atoms with Gasteiger partial charge in [0.25, 0.3) is 0 Å². The standard InChI is InChI=1S/C14H17NOS/c1-15(12-6-3-2-4-7-12)10-9-13(16)14-8-5-11-17-14/h2-8,11,13,16H,9-10H2,1H3. The average molecular weight is 247 g/mol. The van der Waals surface area contributed by atoms with Crippen molar-refractivity contribution in [1.29, 1.82) is 0 Å². The predicted octanol–water partition coefficient (Wildman–Crippen LogP) is 3.31. The number of aliphatic hydroxyl groups excluding tert-OH is 1. The predicted molar refractivity (Wildman–Crippen MR) is 73.6 cm³/mol. The van der Waals surface area contributed by atoms with Gasteiger partial charge in [-0.05, 0) is 30.0 Å². The number of hydrogen-bond acceptors (Lipinski definition) is 3. The van der Waals surface area contributed by atoms with Crippen LogP contribution in [0.15, 0.2) is 47.8 Å². The summed E-state index contributed by atoms with van der Waals surface area (Å²) in [6.45, 7) is 0.850. The van der Waals surface area contributed by atoms with Crippen LogP contribution in [0.3, 0.4) is 0 Å². The highest BCUT2D eigenvalue weighted by Gasteiger charge is 2.09. The van der Waals surface area contributed by atoms with Crippen LogP contribution in [0.5, 0.6) is 0 Å². The van der Waals surface area contributed by atoms with Gasteiger partial charge in [-0.15, -0.1) is 11.3 Å². The average Bonchev–Trinajstić information content (AvgIpc) is 2.90. The fraction of sp³-hybridized carbons (Fsp3) is 0.286. The highest BCUT2D eigenvalue weighted by atomic mass is 32.1. The minimum Gasteiger partial charge on any atom is -0.388 e.